The molecule has 0 spiro atoms. The summed E-state index contributed by atoms with van der Waals surface area (Å²) in [6.45, 7) is 3.13. The zero-order valence-electron chi connectivity index (χ0n) is 10.3. The maximum absolute atomic E-state index is 11.9. The van der Waals surface area contributed by atoms with E-state index in [0.717, 1.165) is 0 Å². The molecule has 0 aromatic heterocycles. The Morgan fingerprint density at radius 3 is 2.76 bits per heavy atom. The van der Waals surface area contributed by atoms with Crippen LogP contribution >= 0.6 is 0 Å². The second-order valence-electron chi connectivity index (χ2n) is 4.45. The minimum atomic E-state index is -0.00713. The largest absolute Gasteiger partial charge is 0.395 e. The van der Waals surface area contributed by atoms with Crippen LogP contribution in [0.3, 0.4) is 0 Å². The first-order valence-corrected chi connectivity index (χ1v) is 5.83. The summed E-state index contributed by atoms with van der Waals surface area (Å²) in [6, 6.07) is 8.14. The van der Waals surface area contributed by atoms with Gasteiger partial charge in [-0.15, -0.1) is 0 Å². The average molecular weight is 234 g/mol. The lowest BCUT2D eigenvalue weighted by Crippen LogP contribution is -2.33. The number of hydrogen-bond acceptors (Lipinski definition) is 2. The number of aliphatic hydroxyl groups is 1. The molecule has 1 unspecified atom stereocenters. The van der Waals surface area contributed by atoms with Crippen molar-refractivity contribution in [3.05, 3.63) is 35.4 Å². The molecule has 1 aromatic rings. The number of urea groups is 1. The Balaban J connectivity index is 2.31. The van der Waals surface area contributed by atoms with Gasteiger partial charge in [-0.1, -0.05) is 24.3 Å². The van der Waals surface area contributed by atoms with Gasteiger partial charge in [0.05, 0.1) is 12.6 Å². The normalized spacial score (nSPS) is 20.2. The summed E-state index contributed by atoms with van der Waals surface area (Å²) in [5.74, 6) is 0. The van der Waals surface area contributed by atoms with Crippen molar-refractivity contribution in [2.45, 2.75) is 13.0 Å². The topological polar surface area (TPSA) is 43.8 Å². The number of carbonyl (C=O) groups excluding carboxylic acids is 1. The minimum Gasteiger partial charge on any atom is -0.395 e. The standard InChI is InChI=1S/C13H18N2O2/c1-10-5-3-4-6-11(10)12-9-14(2)13(17)15(12)7-8-16/h3-6,12,16H,7-9H2,1-2H3. The Kier molecular flexibility index (Phi) is 3.33. The fourth-order valence-corrected chi connectivity index (χ4v) is 2.37. The van der Waals surface area contributed by atoms with Gasteiger partial charge in [-0.05, 0) is 18.1 Å². The van der Waals surface area contributed by atoms with Crippen molar-refractivity contribution < 1.29 is 9.90 Å². The molecule has 1 aromatic carbocycles. The van der Waals surface area contributed by atoms with Crippen molar-refractivity contribution in [1.82, 2.24) is 9.80 Å². The molecule has 2 amide bonds. The highest BCUT2D eigenvalue weighted by atomic mass is 16.3. The van der Waals surface area contributed by atoms with Gasteiger partial charge in [-0.3, -0.25) is 0 Å². The quantitative estimate of drug-likeness (QED) is 0.859. The van der Waals surface area contributed by atoms with Gasteiger partial charge in [0, 0.05) is 20.1 Å². The molecule has 0 saturated carbocycles. The van der Waals surface area contributed by atoms with E-state index in [1.807, 2.05) is 12.1 Å². The highest BCUT2D eigenvalue weighted by Crippen LogP contribution is 2.30. The van der Waals surface area contributed by atoms with Gasteiger partial charge in [0.15, 0.2) is 0 Å². The zero-order chi connectivity index (χ0) is 12.4. The van der Waals surface area contributed by atoms with Crippen molar-refractivity contribution in [1.29, 1.82) is 0 Å². The van der Waals surface area contributed by atoms with Crippen LogP contribution in [0.4, 0.5) is 4.79 Å². The molecule has 4 heteroatoms. The molecule has 1 saturated heterocycles. The number of carbonyl (C=O) groups is 1. The molecular formula is C13H18N2O2. The van der Waals surface area contributed by atoms with E-state index in [2.05, 4.69) is 19.1 Å². The van der Waals surface area contributed by atoms with E-state index in [9.17, 15) is 4.79 Å². The van der Waals surface area contributed by atoms with Crippen LogP contribution in [0.5, 0.6) is 0 Å². The maximum atomic E-state index is 11.9. The molecule has 1 aliphatic rings. The molecule has 0 bridgehead atoms. The van der Waals surface area contributed by atoms with Crippen LogP contribution in [-0.2, 0) is 0 Å². The summed E-state index contributed by atoms with van der Waals surface area (Å²) >= 11 is 0. The molecular weight excluding hydrogens is 216 g/mol. The number of aryl methyl sites for hydroxylation is 1. The van der Waals surface area contributed by atoms with Crippen LogP contribution in [0, 0.1) is 6.92 Å². The van der Waals surface area contributed by atoms with Crippen molar-refractivity contribution >= 4 is 6.03 Å². The Bertz CT molecular complexity index is 420. The third-order valence-electron chi connectivity index (χ3n) is 3.28. The Morgan fingerprint density at radius 1 is 1.41 bits per heavy atom. The second-order valence-corrected chi connectivity index (χ2v) is 4.45. The smallest absolute Gasteiger partial charge is 0.320 e. The average Bonchev–Trinajstić information content (AvgIpc) is 2.58. The van der Waals surface area contributed by atoms with Crippen LogP contribution in [0.1, 0.15) is 17.2 Å². The highest BCUT2D eigenvalue weighted by Gasteiger charge is 2.35. The Hall–Kier alpha value is -1.55. The minimum absolute atomic E-state index is 0.00195. The number of hydrogen-bond donors (Lipinski definition) is 1. The SMILES string of the molecule is Cc1ccccc1C1CN(C)C(=O)N1CCO. The second kappa shape index (κ2) is 4.75. The first-order valence-electron chi connectivity index (χ1n) is 5.83. The Labute approximate surface area is 101 Å². The van der Waals surface area contributed by atoms with E-state index in [1.54, 1.807) is 16.8 Å². The molecule has 1 aliphatic heterocycles. The number of nitrogens with zero attached hydrogens (tertiary/aromatic N) is 2. The van der Waals surface area contributed by atoms with Crippen LogP contribution in [0.15, 0.2) is 24.3 Å². The van der Waals surface area contributed by atoms with E-state index >= 15 is 0 Å². The van der Waals surface area contributed by atoms with E-state index < -0.39 is 0 Å². The molecule has 1 fully saturated rings. The van der Waals surface area contributed by atoms with E-state index in [0.29, 0.717) is 13.1 Å². The summed E-state index contributed by atoms with van der Waals surface area (Å²) in [6.07, 6.45) is 0. The first-order chi connectivity index (χ1) is 8.15. The monoisotopic (exact) mass is 234 g/mol. The summed E-state index contributed by atoms with van der Waals surface area (Å²) in [7, 11) is 1.80. The summed E-state index contributed by atoms with van der Waals surface area (Å²) < 4.78 is 0. The molecule has 0 aliphatic carbocycles. The van der Waals surface area contributed by atoms with Crippen LogP contribution in [-0.4, -0.2) is 47.7 Å². The fraction of sp³-hybridized carbons (Fsp3) is 0.462. The third kappa shape index (κ3) is 2.13. The number of benzene rings is 1. The fourth-order valence-electron chi connectivity index (χ4n) is 2.37. The Morgan fingerprint density at radius 2 is 2.12 bits per heavy atom. The molecule has 2 rings (SSSR count). The molecule has 0 radical (unpaired) electrons. The number of rotatable bonds is 3. The maximum Gasteiger partial charge on any atom is 0.320 e. The summed E-state index contributed by atoms with van der Waals surface area (Å²) in [4.78, 5) is 15.4. The number of amides is 2. The van der Waals surface area contributed by atoms with Crippen molar-refractivity contribution in [2.24, 2.45) is 0 Å². The number of aliphatic hydroxyl groups excluding tert-OH is 1. The molecule has 1 N–H and O–H groups in total. The van der Waals surface area contributed by atoms with Gasteiger partial charge in [0.25, 0.3) is 0 Å². The first kappa shape index (κ1) is 11.9. The lowest BCUT2D eigenvalue weighted by atomic mass is 10.0. The van der Waals surface area contributed by atoms with Gasteiger partial charge >= 0.3 is 6.03 Å². The zero-order valence-corrected chi connectivity index (χ0v) is 10.3. The van der Waals surface area contributed by atoms with Gasteiger partial charge in [0.2, 0.25) is 0 Å². The van der Waals surface area contributed by atoms with E-state index in [1.165, 1.54) is 11.1 Å². The van der Waals surface area contributed by atoms with Crippen LogP contribution in [0.25, 0.3) is 0 Å². The van der Waals surface area contributed by atoms with Gasteiger partial charge in [-0.25, -0.2) is 4.79 Å². The van der Waals surface area contributed by atoms with Crippen LogP contribution < -0.4 is 0 Å². The van der Waals surface area contributed by atoms with E-state index in [-0.39, 0.29) is 18.7 Å². The molecule has 4 nitrogen and oxygen atoms in total. The van der Waals surface area contributed by atoms with Crippen molar-refractivity contribution in [3.63, 3.8) is 0 Å². The number of likely N-dealkylation sites (N-methyl/N-ethyl adjacent to an activating group) is 1. The lowest BCUT2D eigenvalue weighted by molar-refractivity contribution is 0.171. The van der Waals surface area contributed by atoms with E-state index in [4.69, 9.17) is 5.11 Å². The van der Waals surface area contributed by atoms with Gasteiger partial charge in [-0.2, -0.15) is 0 Å². The molecule has 1 heterocycles. The predicted octanol–water partition coefficient (Wildman–Crippen LogP) is 1.40. The number of β-amino-alcohol motifs (C(OH)–C–C–N with tert-alkyl or cyclic N) is 1. The lowest BCUT2D eigenvalue weighted by Gasteiger charge is -2.23. The van der Waals surface area contributed by atoms with Crippen LogP contribution in [0.2, 0.25) is 0 Å². The summed E-state index contributed by atoms with van der Waals surface area (Å²) in [5.41, 5.74) is 2.35. The molecule has 17 heavy (non-hydrogen) atoms. The van der Waals surface area contributed by atoms with Gasteiger partial charge in [0.1, 0.15) is 0 Å². The summed E-state index contributed by atoms with van der Waals surface area (Å²) in [5, 5.41) is 9.05. The molecule has 1 atom stereocenters. The predicted molar refractivity (Wildman–Crippen MR) is 65.7 cm³/mol. The third-order valence-corrected chi connectivity index (χ3v) is 3.28. The van der Waals surface area contributed by atoms with Gasteiger partial charge < -0.3 is 14.9 Å². The highest BCUT2D eigenvalue weighted by molar-refractivity contribution is 5.77. The molecule has 92 valence electrons. The van der Waals surface area contributed by atoms with Crippen molar-refractivity contribution in [3.8, 4) is 0 Å². The van der Waals surface area contributed by atoms with Crippen molar-refractivity contribution in [2.75, 3.05) is 26.7 Å².